The van der Waals surface area contributed by atoms with Crippen molar-refractivity contribution in [1.29, 1.82) is 0 Å². The normalized spacial score (nSPS) is 17.0. The van der Waals surface area contributed by atoms with Crippen molar-refractivity contribution in [3.63, 3.8) is 0 Å². The standard InChI is InChI=1S/C20H20ClN5/c21-16-7-5-14(6-8-16)18-11-19(24-17-4-2-10-23-13-17)26-20(25-18)15-3-1-9-22-12-15/h1,3,5-9,11-12,17,23H,2,4,10,13H2,(H,24,25,26)/t17-/m1/s1. The molecule has 2 aromatic heterocycles. The van der Waals surface area contributed by atoms with Crippen molar-refractivity contribution >= 4 is 17.4 Å². The number of nitrogens with zero attached hydrogens (tertiary/aromatic N) is 3. The quantitative estimate of drug-likeness (QED) is 0.731. The highest BCUT2D eigenvalue weighted by Gasteiger charge is 2.15. The van der Waals surface area contributed by atoms with Crippen LogP contribution >= 0.6 is 11.6 Å². The Balaban J connectivity index is 1.72. The lowest BCUT2D eigenvalue weighted by atomic mass is 10.1. The number of aromatic nitrogens is 3. The monoisotopic (exact) mass is 365 g/mol. The number of hydrogen-bond acceptors (Lipinski definition) is 5. The van der Waals surface area contributed by atoms with E-state index in [1.807, 2.05) is 42.5 Å². The fourth-order valence-electron chi connectivity index (χ4n) is 3.10. The minimum Gasteiger partial charge on any atom is -0.366 e. The van der Waals surface area contributed by atoms with Gasteiger partial charge in [0.1, 0.15) is 5.82 Å². The summed E-state index contributed by atoms with van der Waals surface area (Å²) in [6.45, 7) is 2.03. The average Bonchev–Trinajstić information content (AvgIpc) is 2.70. The zero-order valence-corrected chi connectivity index (χ0v) is 15.1. The predicted molar refractivity (Wildman–Crippen MR) is 105 cm³/mol. The molecular formula is C20H20ClN5. The van der Waals surface area contributed by atoms with Gasteiger partial charge in [-0.1, -0.05) is 23.7 Å². The van der Waals surface area contributed by atoms with E-state index in [0.29, 0.717) is 16.9 Å². The van der Waals surface area contributed by atoms with Crippen LogP contribution in [0.5, 0.6) is 0 Å². The fraction of sp³-hybridized carbons (Fsp3) is 0.250. The minimum absolute atomic E-state index is 0.374. The molecular weight excluding hydrogens is 346 g/mol. The van der Waals surface area contributed by atoms with E-state index in [1.54, 1.807) is 12.4 Å². The number of hydrogen-bond donors (Lipinski definition) is 2. The number of piperidine rings is 1. The Labute approximate surface area is 157 Å². The van der Waals surface area contributed by atoms with Gasteiger partial charge in [0.2, 0.25) is 0 Å². The number of nitrogens with one attached hydrogen (secondary N) is 2. The highest BCUT2D eigenvalue weighted by Crippen LogP contribution is 2.26. The molecule has 1 aliphatic rings. The Hall–Kier alpha value is -2.50. The summed E-state index contributed by atoms with van der Waals surface area (Å²) < 4.78 is 0. The summed E-state index contributed by atoms with van der Waals surface area (Å²) >= 11 is 6.03. The number of pyridine rings is 1. The first-order valence-electron chi connectivity index (χ1n) is 8.80. The van der Waals surface area contributed by atoms with Gasteiger partial charge in [-0.05, 0) is 43.7 Å². The van der Waals surface area contributed by atoms with Crippen LogP contribution in [0.3, 0.4) is 0 Å². The highest BCUT2D eigenvalue weighted by molar-refractivity contribution is 6.30. The number of rotatable bonds is 4. The van der Waals surface area contributed by atoms with Gasteiger partial charge < -0.3 is 10.6 Å². The van der Waals surface area contributed by atoms with Gasteiger partial charge in [0, 0.05) is 47.2 Å². The lowest BCUT2D eigenvalue weighted by Gasteiger charge is -2.24. The predicted octanol–water partition coefficient (Wildman–Crippen LogP) is 4.02. The SMILES string of the molecule is Clc1ccc(-c2cc(N[C@@H]3CCCNC3)nc(-c3cccnc3)n2)cc1. The Morgan fingerprint density at radius 2 is 1.96 bits per heavy atom. The number of benzene rings is 1. The van der Waals surface area contributed by atoms with Crippen LogP contribution in [0.2, 0.25) is 5.02 Å². The maximum absolute atomic E-state index is 6.03. The first kappa shape index (κ1) is 16.9. The van der Waals surface area contributed by atoms with Crippen molar-refractivity contribution in [2.24, 2.45) is 0 Å². The first-order chi connectivity index (χ1) is 12.8. The molecule has 0 radical (unpaired) electrons. The highest BCUT2D eigenvalue weighted by atomic mass is 35.5. The van der Waals surface area contributed by atoms with Gasteiger partial charge in [-0.2, -0.15) is 0 Å². The largest absolute Gasteiger partial charge is 0.366 e. The molecule has 26 heavy (non-hydrogen) atoms. The molecule has 0 bridgehead atoms. The molecule has 5 nitrogen and oxygen atoms in total. The molecule has 2 N–H and O–H groups in total. The second-order valence-electron chi connectivity index (χ2n) is 6.40. The van der Waals surface area contributed by atoms with Crippen molar-refractivity contribution in [3.05, 3.63) is 59.9 Å². The van der Waals surface area contributed by atoms with Crippen molar-refractivity contribution in [2.75, 3.05) is 18.4 Å². The Morgan fingerprint density at radius 3 is 2.69 bits per heavy atom. The van der Waals surface area contributed by atoms with Crippen molar-refractivity contribution in [3.8, 4) is 22.6 Å². The molecule has 1 saturated heterocycles. The smallest absolute Gasteiger partial charge is 0.163 e. The van der Waals surface area contributed by atoms with E-state index >= 15 is 0 Å². The van der Waals surface area contributed by atoms with E-state index in [9.17, 15) is 0 Å². The Bertz CT molecular complexity index is 861. The fourth-order valence-corrected chi connectivity index (χ4v) is 3.22. The third kappa shape index (κ3) is 4.00. The molecule has 6 heteroatoms. The number of halogens is 1. The molecule has 0 amide bonds. The van der Waals surface area contributed by atoms with Gasteiger partial charge >= 0.3 is 0 Å². The molecule has 0 aliphatic carbocycles. The van der Waals surface area contributed by atoms with Gasteiger partial charge in [0.15, 0.2) is 5.82 Å². The number of anilines is 1. The van der Waals surface area contributed by atoms with Crippen LogP contribution in [-0.2, 0) is 0 Å². The molecule has 1 aliphatic heterocycles. The van der Waals surface area contributed by atoms with E-state index in [1.165, 1.54) is 6.42 Å². The summed E-state index contributed by atoms with van der Waals surface area (Å²) in [5.41, 5.74) is 2.77. The van der Waals surface area contributed by atoms with Crippen LogP contribution in [0, 0.1) is 0 Å². The van der Waals surface area contributed by atoms with Crippen LogP contribution in [-0.4, -0.2) is 34.1 Å². The molecule has 0 unspecified atom stereocenters. The summed E-state index contributed by atoms with van der Waals surface area (Å²) in [6.07, 6.45) is 5.84. The molecule has 3 aromatic rings. The average molecular weight is 366 g/mol. The molecule has 1 aromatic carbocycles. The van der Waals surface area contributed by atoms with Gasteiger partial charge in [-0.3, -0.25) is 4.98 Å². The summed E-state index contributed by atoms with van der Waals surface area (Å²) in [5.74, 6) is 1.49. The van der Waals surface area contributed by atoms with E-state index in [2.05, 4.69) is 15.6 Å². The van der Waals surface area contributed by atoms with E-state index < -0.39 is 0 Å². The van der Waals surface area contributed by atoms with E-state index in [0.717, 1.165) is 42.1 Å². The molecule has 0 saturated carbocycles. The van der Waals surface area contributed by atoms with Gasteiger partial charge in [0.05, 0.1) is 5.69 Å². The minimum atomic E-state index is 0.374. The zero-order valence-electron chi connectivity index (χ0n) is 14.3. The lowest BCUT2D eigenvalue weighted by Crippen LogP contribution is -2.38. The van der Waals surface area contributed by atoms with Gasteiger partial charge in [0.25, 0.3) is 0 Å². The molecule has 4 rings (SSSR count). The Kier molecular flexibility index (Phi) is 5.09. The summed E-state index contributed by atoms with van der Waals surface area (Å²) in [5, 5.41) is 7.69. The van der Waals surface area contributed by atoms with E-state index in [-0.39, 0.29) is 0 Å². The molecule has 132 valence electrons. The Morgan fingerprint density at radius 1 is 1.08 bits per heavy atom. The van der Waals surface area contributed by atoms with Crippen molar-refractivity contribution < 1.29 is 0 Å². The zero-order chi connectivity index (χ0) is 17.8. The van der Waals surface area contributed by atoms with Crippen LogP contribution in [0.15, 0.2) is 54.9 Å². The van der Waals surface area contributed by atoms with Crippen LogP contribution in [0.4, 0.5) is 5.82 Å². The molecule has 1 fully saturated rings. The van der Waals surface area contributed by atoms with E-state index in [4.69, 9.17) is 21.6 Å². The molecule has 0 spiro atoms. The summed E-state index contributed by atoms with van der Waals surface area (Å²) in [6, 6.07) is 13.9. The topological polar surface area (TPSA) is 62.7 Å². The lowest BCUT2D eigenvalue weighted by molar-refractivity contribution is 0.479. The molecule has 1 atom stereocenters. The second-order valence-corrected chi connectivity index (χ2v) is 6.83. The third-order valence-electron chi connectivity index (χ3n) is 4.43. The first-order valence-corrected chi connectivity index (χ1v) is 9.18. The van der Waals surface area contributed by atoms with Crippen LogP contribution in [0.1, 0.15) is 12.8 Å². The van der Waals surface area contributed by atoms with Crippen molar-refractivity contribution in [1.82, 2.24) is 20.3 Å². The second kappa shape index (κ2) is 7.81. The van der Waals surface area contributed by atoms with Gasteiger partial charge in [-0.25, -0.2) is 9.97 Å². The van der Waals surface area contributed by atoms with Gasteiger partial charge in [-0.15, -0.1) is 0 Å². The van der Waals surface area contributed by atoms with Crippen molar-refractivity contribution in [2.45, 2.75) is 18.9 Å². The molecule has 3 heterocycles. The summed E-state index contributed by atoms with van der Waals surface area (Å²) in [7, 11) is 0. The maximum atomic E-state index is 6.03. The third-order valence-corrected chi connectivity index (χ3v) is 4.69. The maximum Gasteiger partial charge on any atom is 0.163 e. The summed E-state index contributed by atoms with van der Waals surface area (Å²) in [4.78, 5) is 13.7. The van der Waals surface area contributed by atoms with Crippen LogP contribution in [0.25, 0.3) is 22.6 Å². The van der Waals surface area contributed by atoms with Crippen LogP contribution < -0.4 is 10.6 Å².